The molecule has 1 rings (SSSR count). The Balaban J connectivity index is 2.86. The minimum Gasteiger partial charge on any atom is -0.487 e. The van der Waals surface area contributed by atoms with Crippen LogP contribution in [0.15, 0.2) is 18.2 Å². The first-order valence-electron chi connectivity index (χ1n) is 4.33. The number of nitrogens with zero attached hydrogens (tertiary/aromatic N) is 1. The standard InChI is InChI=1S/C9H10FNO4/c10-7-3-1-4-8(9(7)11(13)14)15-6-2-5-12/h1,3-4,12H,2,5-6H2. The number of ether oxygens (including phenoxy) is 1. The first-order valence-corrected chi connectivity index (χ1v) is 4.33. The molecule has 0 radical (unpaired) electrons. The van der Waals surface area contributed by atoms with Crippen molar-refractivity contribution in [1.82, 2.24) is 0 Å². The van der Waals surface area contributed by atoms with Crippen LogP contribution in [0.2, 0.25) is 0 Å². The van der Waals surface area contributed by atoms with Crippen LogP contribution in [-0.2, 0) is 0 Å². The van der Waals surface area contributed by atoms with Gasteiger partial charge >= 0.3 is 5.69 Å². The van der Waals surface area contributed by atoms with E-state index >= 15 is 0 Å². The molecule has 0 aromatic heterocycles. The fourth-order valence-corrected chi connectivity index (χ4v) is 1.04. The summed E-state index contributed by atoms with van der Waals surface area (Å²) in [6.07, 6.45) is 0.341. The second kappa shape index (κ2) is 5.26. The minimum absolute atomic E-state index is 0.0802. The molecule has 0 atom stereocenters. The summed E-state index contributed by atoms with van der Waals surface area (Å²) in [6, 6.07) is 3.65. The number of nitro benzene ring substituents is 1. The Morgan fingerprint density at radius 1 is 1.53 bits per heavy atom. The summed E-state index contributed by atoms with van der Waals surface area (Å²) in [6.45, 7) is 0.0317. The van der Waals surface area contributed by atoms with E-state index in [2.05, 4.69) is 0 Å². The summed E-state index contributed by atoms with van der Waals surface area (Å²) in [7, 11) is 0. The molecular formula is C9H10FNO4. The van der Waals surface area contributed by atoms with E-state index in [4.69, 9.17) is 9.84 Å². The van der Waals surface area contributed by atoms with E-state index in [0.29, 0.717) is 6.42 Å². The van der Waals surface area contributed by atoms with Crippen LogP contribution in [0.4, 0.5) is 10.1 Å². The van der Waals surface area contributed by atoms with Gasteiger partial charge in [-0.2, -0.15) is 4.39 Å². The molecule has 1 aromatic carbocycles. The summed E-state index contributed by atoms with van der Waals surface area (Å²) in [5, 5.41) is 19.0. The zero-order valence-corrected chi connectivity index (χ0v) is 7.85. The quantitative estimate of drug-likeness (QED) is 0.459. The molecule has 82 valence electrons. The molecule has 0 saturated carbocycles. The van der Waals surface area contributed by atoms with Gasteiger partial charge in [0.15, 0.2) is 5.75 Å². The molecule has 0 saturated heterocycles. The fourth-order valence-electron chi connectivity index (χ4n) is 1.04. The van der Waals surface area contributed by atoms with Gasteiger partial charge in [-0.1, -0.05) is 6.07 Å². The van der Waals surface area contributed by atoms with E-state index < -0.39 is 16.4 Å². The van der Waals surface area contributed by atoms with Gasteiger partial charge in [-0.3, -0.25) is 10.1 Å². The third-order valence-electron chi connectivity index (χ3n) is 1.69. The van der Waals surface area contributed by atoms with E-state index in [1.807, 2.05) is 0 Å². The molecule has 0 aliphatic rings. The van der Waals surface area contributed by atoms with Gasteiger partial charge in [0.2, 0.25) is 5.82 Å². The van der Waals surface area contributed by atoms with Crippen LogP contribution in [0.3, 0.4) is 0 Å². The molecule has 0 unspecified atom stereocenters. The van der Waals surface area contributed by atoms with Crippen LogP contribution in [0, 0.1) is 15.9 Å². The zero-order chi connectivity index (χ0) is 11.3. The van der Waals surface area contributed by atoms with Crippen molar-refractivity contribution < 1.29 is 19.2 Å². The number of hydrogen-bond donors (Lipinski definition) is 1. The zero-order valence-electron chi connectivity index (χ0n) is 7.85. The first kappa shape index (κ1) is 11.4. The molecule has 5 nitrogen and oxygen atoms in total. The molecule has 0 spiro atoms. The monoisotopic (exact) mass is 215 g/mol. The minimum atomic E-state index is -0.929. The topological polar surface area (TPSA) is 72.6 Å². The number of nitro groups is 1. The molecule has 0 fully saturated rings. The average Bonchev–Trinajstić information content (AvgIpc) is 2.17. The number of aliphatic hydroxyl groups is 1. The number of halogens is 1. The van der Waals surface area contributed by atoms with Crippen molar-refractivity contribution in [2.75, 3.05) is 13.2 Å². The van der Waals surface area contributed by atoms with Crippen molar-refractivity contribution >= 4 is 5.69 Å². The Labute approximate surface area is 85.3 Å². The Morgan fingerprint density at radius 2 is 2.27 bits per heavy atom. The molecule has 0 bridgehead atoms. The first-order chi connectivity index (χ1) is 7.16. The van der Waals surface area contributed by atoms with Crippen molar-refractivity contribution in [2.45, 2.75) is 6.42 Å². The molecule has 1 N–H and O–H groups in total. The third-order valence-corrected chi connectivity index (χ3v) is 1.69. The molecule has 1 aromatic rings. The van der Waals surface area contributed by atoms with E-state index in [9.17, 15) is 14.5 Å². The fraction of sp³-hybridized carbons (Fsp3) is 0.333. The number of benzene rings is 1. The smallest absolute Gasteiger partial charge is 0.346 e. The third kappa shape index (κ3) is 2.88. The van der Waals surface area contributed by atoms with Crippen LogP contribution in [0.25, 0.3) is 0 Å². The average molecular weight is 215 g/mol. The van der Waals surface area contributed by atoms with Crippen molar-refractivity contribution in [3.8, 4) is 5.75 Å². The van der Waals surface area contributed by atoms with Gasteiger partial charge in [0, 0.05) is 13.0 Å². The lowest BCUT2D eigenvalue weighted by Gasteiger charge is -2.05. The van der Waals surface area contributed by atoms with Gasteiger partial charge in [-0.05, 0) is 12.1 Å². The molecule has 6 heteroatoms. The normalized spacial score (nSPS) is 10.0. The summed E-state index contributed by atoms with van der Waals surface area (Å²) >= 11 is 0. The number of aliphatic hydroxyl groups excluding tert-OH is 1. The van der Waals surface area contributed by atoms with E-state index in [1.54, 1.807) is 0 Å². The van der Waals surface area contributed by atoms with Gasteiger partial charge in [0.05, 0.1) is 11.5 Å². The highest BCUT2D eigenvalue weighted by Crippen LogP contribution is 2.29. The highest BCUT2D eigenvalue weighted by molar-refractivity contribution is 5.47. The van der Waals surface area contributed by atoms with Crippen LogP contribution in [0.5, 0.6) is 5.75 Å². The van der Waals surface area contributed by atoms with Gasteiger partial charge in [0.25, 0.3) is 0 Å². The molecule has 0 heterocycles. The van der Waals surface area contributed by atoms with E-state index in [0.717, 1.165) is 6.07 Å². The number of para-hydroxylation sites is 1. The maximum absolute atomic E-state index is 13.0. The summed E-state index contributed by atoms with van der Waals surface area (Å²) in [5.41, 5.74) is -0.671. The molecule has 0 amide bonds. The van der Waals surface area contributed by atoms with Crippen molar-refractivity contribution in [3.63, 3.8) is 0 Å². The Kier molecular flexibility index (Phi) is 3.99. The SMILES string of the molecule is O=[N+]([O-])c1c(F)cccc1OCCCO. The van der Waals surface area contributed by atoms with Gasteiger partial charge in [0.1, 0.15) is 0 Å². The summed E-state index contributed by atoms with van der Waals surface area (Å²) in [5.74, 6) is -1.05. The maximum Gasteiger partial charge on any atom is 0.346 e. The predicted octanol–water partition coefficient (Wildman–Crippen LogP) is 1.50. The van der Waals surface area contributed by atoms with Crippen molar-refractivity contribution in [1.29, 1.82) is 0 Å². The van der Waals surface area contributed by atoms with E-state index in [-0.39, 0.29) is 19.0 Å². The molecule has 15 heavy (non-hydrogen) atoms. The second-order valence-electron chi connectivity index (χ2n) is 2.77. The van der Waals surface area contributed by atoms with Crippen molar-refractivity contribution in [3.05, 3.63) is 34.1 Å². The highest BCUT2D eigenvalue weighted by atomic mass is 19.1. The van der Waals surface area contributed by atoms with Crippen LogP contribution >= 0.6 is 0 Å². The Morgan fingerprint density at radius 3 is 2.87 bits per heavy atom. The van der Waals surface area contributed by atoms with Crippen LogP contribution in [-0.4, -0.2) is 23.2 Å². The largest absolute Gasteiger partial charge is 0.487 e. The molecular weight excluding hydrogens is 205 g/mol. The van der Waals surface area contributed by atoms with Crippen LogP contribution in [0.1, 0.15) is 6.42 Å². The van der Waals surface area contributed by atoms with E-state index in [1.165, 1.54) is 12.1 Å². The van der Waals surface area contributed by atoms with Gasteiger partial charge < -0.3 is 9.84 Å². The summed E-state index contributed by atoms with van der Waals surface area (Å²) < 4.78 is 18.0. The van der Waals surface area contributed by atoms with Crippen molar-refractivity contribution in [2.24, 2.45) is 0 Å². The lowest BCUT2D eigenvalue weighted by Crippen LogP contribution is -2.03. The Hall–Kier alpha value is -1.69. The lowest BCUT2D eigenvalue weighted by atomic mass is 10.3. The highest BCUT2D eigenvalue weighted by Gasteiger charge is 2.20. The lowest BCUT2D eigenvalue weighted by molar-refractivity contribution is -0.388. The molecule has 0 aliphatic heterocycles. The van der Waals surface area contributed by atoms with Gasteiger partial charge in [-0.25, -0.2) is 0 Å². The van der Waals surface area contributed by atoms with Crippen LogP contribution < -0.4 is 4.74 Å². The number of hydrogen-bond acceptors (Lipinski definition) is 4. The van der Waals surface area contributed by atoms with Gasteiger partial charge in [-0.15, -0.1) is 0 Å². The maximum atomic E-state index is 13.0. The Bertz CT molecular complexity index is 356. The summed E-state index contributed by atoms with van der Waals surface area (Å²) in [4.78, 5) is 9.68. The predicted molar refractivity (Wildman–Crippen MR) is 50.3 cm³/mol. The number of rotatable bonds is 5. The molecule has 0 aliphatic carbocycles. The second-order valence-corrected chi connectivity index (χ2v) is 2.77.